The highest BCUT2D eigenvalue weighted by Crippen LogP contribution is 2.32. The standard InChI is InChI=1S/C21H32N2O2/c1-15-6-3-4-9-19(15)25-14-16-10-12-17(13-11-16)20(22)21(24)23(2)18-7-5-8-18/h3-4,6,9,16-18,20H,5,7-8,10-14,22H2,1-2H3/t16?,17?,20-/m0/s1. The molecule has 0 aliphatic heterocycles. The van der Waals surface area contributed by atoms with Crippen molar-refractivity contribution in [1.29, 1.82) is 0 Å². The van der Waals surface area contributed by atoms with Gasteiger partial charge in [0.05, 0.1) is 12.6 Å². The minimum absolute atomic E-state index is 0.143. The maximum Gasteiger partial charge on any atom is 0.239 e. The summed E-state index contributed by atoms with van der Waals surface area (Å²) in [7, 11) is 1.92. The van der Waals surface area contributed by atoms with Crippen molar-refractivity contribution in [3.8, 4) is 5.75 Å². The van der Waals surface area contributed by atoms with Gasteiger partial charge in [-0.05, 0) is 75.3 Å². The molecule has 0 radical (unpaired) electrons. The van der Waals surface area contributed by atoms with Crippen molar-refractivity contribution in [2.75, 3.05) is 13.7 Å². The van der Waals surface area contributed by atoms with Crippen molar-refractivity contribution in [2.24, 2.45) is 17.6 Å². The SMILES string of the molecule is Cc1ccccc1OCC1CCC([C@H](N)C(=O)N(C)C2CCC2)CC1. The van der Waals surface area contributed by atoms with Gasteiger partial charge in [-0.2, -0.15) is 0 Å². The van der Waals surface area contributed by atoms with Crippen LogP contribution >= 0.6 is 0 Å². The van der Waals surface area contributed by atoms with E-state index >= 15 is 0 Å². The Bertz CT molecular complexity index is 577. The maximum absolute atomic E-state index is 12.6. The zero-order valence-corrected chi connectivity index (χ0v) is 15.6. The Balaban J connectivity index is 1.43. The number of carbonyl (C=O) groups is 1. The number of hydrogen-bond acceptors (Lipinski definition) is 3. The Kier molecular flexibility index (Phi) is 6.00. The van der Waals surface area contributed by atoms with Crippen LogP contribution in [0.25, 0.3) is 0 Å². The second-order valence-electron chi connectivity index (χ2n) is 7.92. The molecule has 1 atom stereocenters. The Morgan fingerprint density at radius 1 is 1.20 bits per heavy atom. The van der Waals surface area contributed by atoms with Crippen LogP contribution in [-0.2, 0) is 4.79 Å². The van der Waals surface area contributed by atoms with Crippen molar-refractivity contribution in [2.45, 2.75) is 64.0 Å². The molecule has 0 saturated heterocycles. The van der Waals surface area contributed by atoms with E-state index in [9.17, 15) is 4.79 Å². The molecular weight excluding hydrogens is 312 g/mol. The number of para-hydroxylation sites is 1. The molecule has 0 heterocycles. The van der Waals surface area contributed by atoms with E-state index in [1.165, 1.54) is 12.0 Å². The van der Waals surface area contributed by atoms with Gasteiger partial charge in [0.1, 0.15) is 5.75 Å². The third-order valence-electron chi connectivity index (χ3n) is 6.22. The zero-order valence-electron chi connectivity index (χ0n) is 15.6. The molecule has 138 valence electrons. The lowest BCUT2D eigenvalue weighted by molar-refractivity contribution is -0.136. The fourth-order valence-corrected chi connectivity index (χ4v) is 4.03. The minimum Gasteiger partial charge on any atom is -0.493 e. The molecule has 25 heavy (non-hydrogen) atoms. The number of hydrogen-bond donors (Lipinski definition) is 1. The molecule has 4 nitrogen and oxygen atoms in total. The van der Waals surface area contributed by atoms with Crippen LogP contribution in [0.15, 0.2) is 24.3 Å². The van der Waals surface area contributed by atoms with Crippen molar-refractivity contribution in [3.05, 3.63) is 29.8 Å². The van der Waals surface area contributed by atoms with E-state index in [2.05, 4.69) is 13.0 Å². The maximum atomic E-state index is 12.6. The fourth-order valence-electron chi connectivity index (χ4n) is 4.03. The molecule has 2 aliphatic rings. The monoisotopic (exact) mass is 344 g/mol. The van der Waals surface area contributed by atoms with Gasteiger partial charge in [-0.1, -0.05) is 18.2 Å². The topological polar surface area (TPSA) is 55.6 Å². The minimum atomic E-state index is -0.330. The van der Waals surface area contributed by atoms with Crippen LogP contribution in [0.2, 0.25) is 0 Å². The largest absolute Gasteiger partial charge is 0.493 e. The highest BCUT2D eigenvalue weighted by Gasteiger charge is 2.34. The Morgan fingerprint density at radius 3 is 2.48 bits per heavy atom. The van der Waals surface area contributed by atoms with Gasteiger partial charge in [-0.25, -0.2) is 0 Å². The first-order valence-corrected chi connectivity index (χ1v) is 9.77. The Morgan fingerprint density at radius 2 is 1.88 bits per heavy atom. The van der Waals surface area contributed by atoms with Crippen molar-refractivity contribution >= 4 is 5.91 Å². The number of likely N-dealkylation sites (N-methyl/N-ethyl adjacent to an activating group) is 1. The molecule has 3 rings (SSSR count). The van der Waals surface area contributed by atoms with Gasteiger partial charge >= 0.3 is 0 Å². The second kappa shape index (κ2) is 8.22. The molecule has 2 fully saturated rings. The lowest BCUT2D eigenvalue weighted by Gasteiger charge is -2.38. The van der Waals surface area contributed by atoms with Crippen LogP contribution in [0.3, 0.4) is 0 Å². The number of ether oxygens (including phenoxy) is 1. The Hall–Kier alpha value is -1.55. The highest BCUT2D eigenvalue weighted by molar-refractivity contribution is 5.82. The molecular formula is C21H32N2O2. The smallest absolute Gasteiger partial charge is 0.239 e. The summed E-state index contributed by atoms with van der Waals surface area (Å²) in [5, 5.41) is 0. The van der Waals surface area contributed by atoms with Crippen molar-refractivity contribution in [3.63, 3.8) is 0 Å². The van der Waals surface area contributed by atoms with Gasteiger partial charge in [-0.3, -0.25) is 4.79 Å². The van der Waals surface area contributed by atoms with E-state index in [-0.39, 0.29) is 11.9 Å². The third kappa shape index (κ3) is 4.35. The van der Waals surface area contributed by atoms with Gasteiger partial charge < -0.3 is 15.4 Å². The predicted molar refractivity (Wildman–Crippen MR) is 101 cm³/mol. The molecule has 2 N–H and O–H groups in total. The molecule has 0 aromatic heterocycles. The molecule has 0 unspecified atom stereocenters. The van der Waals surface area contributed by atoms with E-state index in [0.717, 1.165) is 50.9 Å². The van der Waals surface area contributed by atoms with Crippen LogP contribution in [0, 0.1) is 18.8 Å². The van der Waals surface area contributed by atoms with E-state index in [0.29, 0.717) is 17.9 Å². The molecule has 4 heteroatoms. The van der Waals surface area contributed by atoms with Crippen LogP contribution in [0.4, 0.5) is 0 Å². The summed E-state index contributed by atoms with van der Waals surface area (Å²) in [6.07, 6.45) is 7.79. The second-order valence-corrected chi connectivity index (χ2v) is 7.92. The summed E-state index contributed by atoms with van der Waals surface area (Å²) in [5.41, 5.74) is 7.50. The van der Waals surface area contributed by atoms with Gasteiger partial charge in [0.2, 0.25) is 5.91 Å². The Labute approximate surface area is 151 Å². The van der Waals surface area contributed by atoms with Crippen molar-refractivity contribution < 1.29 is 9.53 Å². The number of nitrogens with two attached hydrogens (primary N) is 1. The lowest BCUT2D eigenvalue weighted by Crippen LogP contribution is -2.52. The number of rotatable bonds is 6. The molecule has 2 aliphatic carbocycles. The zero-order chi connectivity index (χ0) is 17.8. The summed E-state index contributed by atoms with van der Waals surface area (Å²) in [6.45, 7) is 2.85. The quantitative estimate of drug-likeness (QED) is 0.859. The van der Waals surface area contributed by atoms with Crippen molar-refractivity contribution in [1.82, 2.24) is 4.90 Å². The molecule has 1 aromatic carbocycles. The number of aryl methyl sites for hydroxylation is 1. The predicted octanol–water partition coefficient (Wildman–Crippen LogP) is 3.52. The number of benzene rings is 1. The van der Waals surface area contributed by atoms with Gasteiger partial charge in [0.15, 0.2) is 0 Å². The fraction of sp³-hybridized carbons (Fsp3) is 0.667. The van der Waals surface area contributed by atoms with E-state index < -0.39 is 0 Å². The average Bonchev–Trinajstić information content (AvgIpc) is 2.58. The summed E-state index contributed by atoms with van der Waals surface area (Å²) < 4.78 is 6.00. The molecule has 1 aromatic rings. The summed E-state index contributed by atoms with van der Waals surface area (Å²) >= 11 is 0. The summed E-state index contributed by atoms with van der Waals surface area (Å²) in [5.74, 6) is 2.02. The first-order chi connectivity index (χ1) is 12.1. The van der Waals surface area contributed by atoms with Crippen LogP contribution in [0.5, 0.6) is 5.75 Å². The average molecular weight is 344 g/mol. The highest BCUT2D eigenvalue weighted by atomic mass is 16.5. The van der Waals surface area contributed by atoms with Crippen LogP contribution in [-0.4, -0.2) is 36.5 Å². The van der Waals surface area contributed by atoms with Gasteiger partial charge in [-0.15, -0.1) is 0 Å². The molecule has 1 amide bonds. The summed E-state index contributed by atoms with van der Waals surface area (Å²) in [4.78, 5) is 14.5. The number of nitrogens with zero attached hydrogens (tertiary/aromatic N) is 1. The first-order valence-electron chi connectivity index (χ1n) is 9.77. The van der Waals surface area contributed by atoms with Crippen LogP contribution < -0.4 is 10.5 Å². The molecule has 2 saturated carbocycles. The number of amides is 1. The van der Waals surface area contributed by atoms with E-state index in [1.807, 2.05) is 30.1 Å². The number of carbonyl (C=O) groups excluding carboxylic acids is 1. The molecule has 0 bridgehead atoms. The van der Waals surface area contributed by atoms with Gasteiger partial charge in [0.25, 0.3) is 0 Å². The summed E-state index contributed by atoms with van der Waals surface area (Å²) in [6, 6.07) is 8.26. The lowest BCUT2D eigenvalue weighted by atomic mass is 9.78. The van der Waals surface area contributed by atoms with Crippen LogP contribution in [0.1, 0.15) is 50.5 Å². The third-order valence-corrected chi connectivity index (χ3v) is 6.22. The van der Waals surface area contributed by atoms with Gasteiger partial charge in [0, 0.05) is 13.1 Å². The first kappa shape index (κ1) is 18.2. The molecule has 0 spiro atoms. The normalized spacial score (nSPS) is 25.1. The van der Waals surface area contributed by atoms with E-state index in [1.54, 1.807) is 0 Å². The van der Waals surface area contributed by atoms with E-state index in [4.69, 9.17) is 10.5 Å².